The molecule has 0 bridgehead atoms. The van der Waals surface area contributed by atoms with Crippen LogP contribution in [0.5, 0.6) is 17.2 Å². The van der Waals surface area contributed by atoms with Crippen LogP contribution in [-0.4, -0.2) is 82.8 Å². The van der Waals surface area contributed by atoms with Crippen molar-refractivity contribution in [2.75, 3.05) is 28.3 Å². The normalized spacial score (nSPS) is 25.3. The van der Waals surface area contributed by atoms with Gasteiger partial charge in [-0.1, -0.05) is 25.1 Å². The number of rotatable bonds is 6. The van der Waals surface area contributed by atoms with Crippen LogP contribution in [0.25, 0.3) is 16.9 Å². The van der Waals surface area contributed by atoms with Crippen molar-refractivity contribution in [1.29, 1.82) is 0 Å². The number of amides is 1. The van der Waals surface area contributed by atoms with Gasteiger partial charge in [-0.15, -0.1) is 0 Å². The summed E-state index contributed by atoms with van der Waals surface area (Å²) in [7, 11) is 6.18. The first-order valence-corrected chi connectivity index (χ1v) is 13.6. The fourth-order valence-electron chi connectivity index (χ4n) is 7.02. The molecule has 222 valence electrons. The predicted molar refractivity (Wildman–Crippen MR) is 152 cm³/mol. The van der Waals surface area contributed by atoms with Gasteiger partial charge in [-0.2, -0.15) is 0 Å². The molecule has 42 heavy (non-hydrogen) atoms. The molecule has 0 heterocycles. The smallest absolute Gasteiger partial charge is 0.255 e. The molecule has 3 aliphatic rings. The minimum atomic E-state index is -2.69. The van der Waals surface area contributed by atoms with Gasteiger partial charge in [0, 0.05) is 17.1 Å². The summed E-state index contributed by atoms with van der Waals surface area (Å²) in [5.41, 5.74) is 4.36. The SMILES string of the molecule is CCc1ccc(-c2ccc(O)c3c2C[C@H]2C[C@H]4[C@H](N(C)C)C(=O)C(C(N)=O)=C(O)[C@@]4(O)C(=O)C2=C3O)c(OC)c1OC. The van der Waals surface area contributed by atoms with E-state index in [1.54, 1.807) is 27.3 Å². The molecule has 6 N–H and O–H groups in total. The number of carbonyl (C=O) groups is 3. The van der Waals surface area contributed by atoms with E-state index < -0.39 is 58.0 Å². The molecule has 1 amide bonds. The highest BCUT2D eigenvalue weighted by molar-refractivity contribution is 6.24. The quantitative estimate of drug-likeness (QED) is 0.319. The van der Waals surface area contributed by atoms with E-state index in [0.29, 0.717) is 34.6 Å². The molecule has 1 saturated carbocycles. The van der Waals surface area contributed by atoms with Crippen LogP contribution in [0.15, 0.2) is 41.2 Å². The van der Waals surface area contributed by atoms with Crippen LogP contribution < -0.4 is 15.2 Å². The third kappa shape index (κ3) is 3.83. The molecule has 1 fully saturated rings. The van der Waals surface area contributed by atoms with E-state index in [1.807, 2.05) is 19.1 Å². The van der Waals surface area contributed by atoms with Gasteiger partial charge in [-0.3, -0.25) is 19.3 Å². The summed E-state index contributed by atoms with van der Waals surface area (Å²) in [5, 5.41) is 45.2. The minimum Gasteiger partial charge on any atom is -0.508 e. The Labute approximate surface area is 242 Å². The summed E-state index contributed by atoms with van der Waals surface area (Å²) in [6, 6.07) is 5.70. The lowest BCUT2D eigenvalue weighted by atomic mass is 9.57. The van der Waals surface area contributed by atoms with E-state index in [0.717, 1.165) is 5.56 Å². The van der Waals surface area contributed by atoms with Crippen LogP contribution in [0.2, 0.25) is 0 Å². The van der Waals surface area contributed by atoms with Crippen LogP contribution in [0.4, 0.5) is 0 Å². The summed E-state index contributed by atoms with van der Waals surface area (Å²) in [6.07, 6.45) is 0.842. The maximum absolute atomic E-state index is 14.0. The van der Waals surface area contributed by atoms with Crippen molar-refractivity contribution in [2.24, 2.45) is 17.6 Å². The van der Waals surface area contributed by atoms with Gasteiger partial charge in [0.25, 0.3) is 5.91 Å². The average Bonchev–Trinajstić information content (AvgIpc) is 2.93. The highest BCUT2D eigenvalue weighted by Crippen LogP contribution is 2.54. The fraction of sp³-hybridized carbons (Fsp3) is 0.387. The maximum atomic E-state index is 14.0. The molecule has 11 nitrogen and oxygen atoms in total. The number of aliphatic hydroxyl groups excluding tert-OH is 2. The number of carbonyl (C=O) groups excluding carboxylic acids is 3. The van der Waals surface area contributed by atoms with Gasteiger partial charge in [0.15, 0.2) is 22.9 Å². The number of benzene rings is 2. The topological polar surface area (TPSA) is 180 Å². The lowest BCUT2D eigenvalue weighted by Gasteiger charge is -2.50. The average molecular weight is 579 g/mol. The summed E-state index contributed by atoms with van der Waals surface area (Å²) in [5.74, 6) is -5.94. The first kappa shape index (κ1) is 29.2. The molecule has 2 aromatic carbocycles. The van der Waals surface area contributed by atoms with Crippen LogP contribution in [0.3, 0.4) is 0 Å². The third-order valence-corrected chi connectivity index (χ3v) is 8.88. The Morgan fingerprint density at radius 2 is 1.69 bits per heavy atom. The monoisotopic (exact) mass is 578 g/mol. The van der Waals surface area contributed by atoms with E-state index in [4.69, 9.17) is 15.2 Å². The Hall–Kier alpha value is -4.35. The number of aromatic hydroxyl groups is 1. The molecule has 0 aromatic heterocycles. The number of hydrogen-bond acceptors (Lipinski definition) is 10. The molecule has 5 rings (SSSR count). The Morgan fingerprint density at radius 3 is 2.26 bits per heavy atom. The summed E-state index contributed by atoms with van der Waals surface area (Å²) < 4.78 is 11.4. The highest BCUT2D eigenvalue weighted by atomic mass is 16.5. The maximum Gasteiger partial charge on any atom is 0.255 e. The van der Waals surface area contributed by atoms with E-state index in [-0.39, 0.29) is 29.7 Å². The van der Waals surface area contributed by atoms with Gasteiger partial charge in [0.1, 0.15) is 22.8 Å². The second-order valence-electron chi connectivity index (χ2n) is 11.1. The molecule has 3 aliphatic carbocycles. The number of methoxy groups -OCH3 is 2. The van der Waals surface area contributed by atoms with Gasteiger partial charge in [0.2, 0.25) is 5.78 Å². The van der Waals surface area contributed by atoms with Crippen molar-refractivity contribution >= 4 is 23.2 Å². The molecular weight excluding hydrogens is 544 g/mol. The van der Waals surface area contributed by atoms with Crippen LogP contribution in [0.1, 0.15) is 30.0 Å². The number of aryl methyl sites for hydroxylation is 1. The molecule has 0 radical (unpaired) electrons. The molecular formula is C31H34N2O9. The molecule has 0 spiro atoms. The van der Waals surface area contributed by atoms with Crippen molar-refractivity contribution in [1.82, 2.24) is 4.90 Å². The summed E-state index contributed by atoms with van der Waals surface area (Å²) >= 11 is 0. The summed E-state index contributed by atoms with van der Waals surface area (Å²) in [6.45, 7) is 1.99. The van der Waals surface area contributed by atoms with Gasteiger partial charge in [-0.25, -0.2) is 0 Å². The third-order valence-electron chi connectivity index (χ3n) is 8.88. The van der Waals surface area contributed by atoms with E-state index >= 15 is 0 Å². The van der Waals surface area contributed by atoms with Gasteiger partial charge in [-0.05, 0) is 62.0 Å². The molecule has 2 aromatic rings. The van der Waals surface area contributed by atoms with Crippen molar-refractivity contribution < 1.29 is 44.3 Å². The first-order chi connectivity index (χ1) is 19.8. The number of phenols is 1. The van der Waals surface area contributed by atoms with Crippen LogP contribution in [-0.2, 0) is 27.2 Å². The number of hydrogen-bond donors (Lipinski definition) is 5. The standard InChI is InChI=1S/C31H34N2O9/c1-6-13-7-8-16(27(42-5)26(13)41-4)15-9-10-19(34)21-17(15)11-14-12-18-23(33(2)3)25(36)22(30(32)39)29(38)31(18,40)28(37)20(14)24(21)35/h7-10,14,18,23,34-35,38,40H,6,11-12H2,1-5H3,(H2,32,39)/t14-,18-,23-,31-/m0/s1. The lowest BCUT2D eigenvalue weighted by Crippen LogP contribution is -2.65. The van der Waals surface area contributed by atoms with Gasteiger partial charge in [0.05, 0.1) is 25.8 Å². The van der Waals surface area contributed by atoms with E-state index in [1.165, 1.54) is 18.1 Å². The van der Waals surface area contributed by atoms with Crippen LogP contribution >= 0.6 is 0 Å². The zero-order valence-electron chi connectivity index (χ0n) is 24.0. The number of likely N-dealkylation sites (N-methyl/N-ethyl adjacent to an activating group) is 1. The number of nitrogens with two attached hydrogens (primary N) is 1. The van der Waals surface area contributed by atoms with E-state index in [9.17, 15) is 34.8 Å². The number of primary amides is 1. The molecule has 11 heteroatoms. The van der Waals surface area contributed by atoms with Crippen molar-refractivity contribution in [2.45, 2.75) is 37.8 Å². The summed E-state index contributed by atoms with van der Waals surface area (Å²) in [4.78, 5) is 41.0. The number of fused-ring (bicyclic) bond motifs is 3. The second-order valence-corrected chi connectivity index (χ2v) is 11.1. The molecule has 0 saturated heterocycles. The van der Waals surface area contributed by atoms with Crippen molar-refractivity contribution in [3.8, 4) is 28.4 Å². The Balaban J connectivity index is 1.75. The second kappa shape index (κ2) is 10.2. The number of phenolic OH excluding ortho intramolecular Hbond substituents is 1. The Kier molecular flexibility index (Phi) is 7.06. The number of Topliss-reactive ketones (excluding diaryl/α,β-unsaturated/α-hetero) is 2. The zero-order valence-corrected chi connectivity index (χ0v) is 24.0. The first-order valence-electron chi connectivity index (χ1n) is 13.6. The lowest BCUT2D eigenvalue weighted by molar-refractivity contribution is -0.153. The van der Waals surface area contributed by atoms with Gasteiger partial charge >= 0.3 is 0 Å². The van der Waals surface area contributed by atoms with Crippen molar-refractivity contribution in [3.63, 3.8) is 0 Å². The molecule has 4 atom stereocenters. The fourth-order valence-corrected chi connectivity index (χ4v) is 7.02. The van der Waals surface area contributed by atoms with Gasteiger partial charge < -0.3 is 35.6 Å². The molecule has 0 aliphatic heterocycles. The predicted octanol–water partition coefficient (Wildman–Crippen LogP) is 2.21. The number of nitrogens with zero attached hydrogens (tertiary/aromatic N) is 1. The largest absolute Gasteiger partial charge is 0.508 e. The van der Waals surface area contributed by atoms with Crippen LogP contribution in [0, 0.1) is 11.8 Å². The minimum absolute atomic E-state index is 0.00388. The number of ketones is 2. The Bertz CT molecular complexity index is 1610. The zero-order chi connectivity index (χ0) is 30.8. The Morgan fingerprint density at radius 1 is 1.05 bits per heavy atom. The van der Waals surface area contributed by atoms with Crippen molar-refractivity contribution in [3.05, 3.63) is 57.9 Å². The molecule has 0 unspecified atom stereocenters. The van der Waals surface area contributed by atoms with E-state index in [2.05, 4.69) is 0 Å². The highest BCUT2D eigenvalue weighted by Gasteiger charge is 2.64. The number of aliphatic hydroxyl groups is 3. The number of ether oxygens (including phenoxy) is 2.